The van der Waals surface area contributed by atoms with Crippen LogP contribution in [-0.4, -0.2) is 61.8 Å². The van der Waals surface area contributed by atoms with Crippen LogP contribution in [-0.2, 0) is 18.1 Å². The number of hydrogen-bond acceptors (Lipinski definition) is 6. The van der Waals surface area contributed by atoms with E-state index in [1.54, 1.807) is 21.3 Å². The number of amides is 1. The first-order chi connectivity index (χ1) is 16.5. The number of unbranched alkanes of at least 4 members (excludes halogenated alkanes) is 12. The van der Waals surface area contributed by atoms with E-state index in [2.05, 4.69) is 29.8 Å². The Bertz CT molecular complexity index is 452. The van der Waals surface area contributed by atoms with Gasteiger partial charge in [-0.25, -0.2) is 0 Å². The van der Waals surface area contributed by atoms with Gasteiger partial charge in [0, 0.05) is 46.9 Å². The molecule has 1 unspecified atom stereocenters. The quantitative estimate of drug-likeness (QED) is 0.0732. The zero-order valence-corrected chi connectivity index (χ0v) is 25.4. The minimum Gasteiger partial charge on any atom is -0.377 e. The lowest BCUT2D eigenvalue weighted by atomic mass is 10.0. The van der Waals surface area contributed by atoms with Crippen molar-refractivity contribution in [2.24, 2.45) is 0 Å². The van der Waals surface area contributed by atoms with Crippen molar-refractivity contribution in [3.8, 4) is 0 Å². The Hall–Kier alpha value is -0.223. The van der Waals surface area contributed by atoms with Gasteiger partial charge in [0.2, 0.25) is 5.91 Å². The lowest BCUT2D eigenvalue weighted by molar-refractivity contribution is -0.121. The molecular formula is C26H58ClN3O4Si. The van der Waals surface area contributed by atoms with E-state index in [0.717, 1.165) is 32.0 Å². The van der Waals surface area contributed by atoms with E-state index in [1.807, 2.05) is 0 Å². The van der Waals surface area contributed by atoms with Gasteiger partial charge in [-0.3, -0.25) is 4.79 Å². The second-order valence-corrected chi connectivity index (χ2v) is 12.5. The van der Waals surface area contributed by atoms with Gasteiger partial charge in [0.05, 0.1) is 6.17 Å². The first-order valence-corrected chi connectivity index (χ1v) is 15.9. The summed E-state index contributed by atoms with van der Waals surface area (Å²) in [6, 6.07) is 0.783. The fraction of sp³-hybridized carbons (Fsp3) is 0.962. The van der Waals surface area contributed by atoms with Gasteiger partial charge < -0.3 is 29.2 Å². The Labute approximate surface area is 224 Å². The van der Waals surface area contributed by atoms with E-state index in [0.29, 0.717) is 13.0 Å². The number of halogens is 1. The van der Waals surface area contributed by atoms with E-state index in [1.165, 1.54) is 77.0 Å². The highest BCUT2D eigenvalue weighted by molar-refractivity contribution is 6.60. The second-order valence-electron chi connectivity index (χ2n) is 9.37. The minimum atomic E-state index is -2.47. The molecule has 0 fully saturated rings. The lowest BCUT2D eigenvalue weighted by Crippen LogP contribution is -2.45. The zero-order valence-electron chi connectivity index (χ0n) is 23.6. The van der Waals surface area contributed by atoms with Gasteiger partial charge in [-0.2, -0.15) is 0 Å². The maximum Gasteiger partial charge on any atom is 0.500 e. The van der Waals surface area contributed by atoms with Crippen molar-refractivity contribution in [1.82, 2.24) is 16.0 Å². The Morgan fingerprint density at radius 1 is 0.686 bits per heavy atom. The maximum atomic E-state index is 12.0. The molecule has 0 aromatic carbocycles. The summed E-state index contributed by atoms with van der Waals surface area (Å²) in [5.74, 6) is 0.172. The predicted octanol–water partition coefficient (Wildman–Crippen LogP) is 5.80. The molecule has 1 amide bonds. The van der Waals surface area contributed by atoms with Crippen LogP contribution >= 0.6 is 12.4 Å². The summed E-state index contributed by atoms with van der Waals surface area (Å²) in [5.41, 5.74) is 0. The van der Waals surface area contributed by atoms with Crippen molar-refractivity contribution in [2.75, 3.05) is 41.0 Å². The molecule has 0 saturated carbocycles. The number of hydrogen-bond donors (Lipinski definition) is 3. The highest BCUT2D eigenvalue weighted by Crippen LogP contribution is 2.14. The first kappa shape index (κ1) is 36.9. The van der Waals surface area contributed by atoms with Crippen molar-refractivity contribution in [1.29, 1.82) is 0 Å². The molecule has 0 aromatic rings. The Kier molecular flexibility index (Phi) is 28.3. The van der Waals surface area contributed by atoms with E-state index in [4.69, 9.17) is 13.3 Å². The van der Waals surface area contributed by atoms with Gasteiger partial charge >= 0.3 is 8.80 Å². The summed E-state index contributed by atoms with van der Waals surface area (Å²) >= 11 is 0. The third-order valence-corrected chi connectivity index (χ3v) is 9.28. The van der Waals surface area contributed by atoms with E-state index < -0.39 is 8.80 Å². The van der Waals surface area contributed by atoms with Gasteiger partial charge in [0.1, 0.15) is 0 Å². The summed E-state index contributed by atoms with van der Waals surface area (Å²) in [7, 11) is 2.46. The molecule has 35 heavy (non-hydrogen) atoms. The van der Waals surface area contributed by atoms with E-state index in [-0.39, 0.29) is 24.5 Å². The third kappa shape index (κ3) is 22.7. The van der Waals surface area contributed by atoms with Crippen LogP contribution < -0.4 is 16.0 Å². The molecule has 0 heterocycles. The highest BCUT2D eigenvalue weighted by atomic mass is 35.5. The molecule has 0 rings (SSSR count). The monoisotopic (exact) mass is 539 g/mol. The normalized spacial score (nSPS) is 12.4. The standard InChI is InChI=1S/C26H57N3O4Si.ClH/c1-6-7-8-9-10-11-12-13-14-15-16-17-18-20-26(30)29-23-22-28-25(2)27-21-19-24-34(31-3,32-4)33-5;/h25,27-28H,6-24H2,1-5H3,(H,29,30);1H. The molecule has 0 spiro atoms. The minimum absolute atomic E-state index is 0. The van der Waals surface area contributed by atoms with Crippen LogP contribution in [0.25, 0.3) is 0 Å². The highest BCUT2D eigenvalue weighted by Gasteiger charge is 2.36. The molecule has 0 radical (unpaired) electrons. The van der Waals surface area contributed by atoms with E-state index >= 15 is 0 Å². The second kappa shape index (κ2) is 26.8. The van der Waals surface area contributed by atoms with Crippen LogP contribution in [0.4, 0.5) is 0 Å². The molecule has 1 atom stereocenters. The van der Waals surface area contributed by atoms with Crippen molar-refractivity contribution in [2.45, 2.75) is 122 Å². The van der Waals surface area contributed by atoms with Gasteiger partial charge in [-0.1, -0.05) is 84.0 Å². The van der Waals surface area contributed by atoms with Crippen molar-refractivity contribution < 1.29 is 18.1 Å². The van der Waals surface area contributed by atoms with Crippen molar-refractivity contribution in [3.63, 3.8) is 0 Å². The molecule has 7 nitrogen and oxygen atoms in total. The summed E-state index contributed by atoms with van der Waals surface area (Å²) < 4.78 is 16.3. The maximum absolute atomic E-state index is 12.0. The summed E-state index contributed by atoms with van der Waals surface area (Å²) in [6.07, 6.45) is 19.0. The topological polar surface area (TPSA) is 80.9 Å². The molecule has 9 heteroatoms. The molecule has 0 bridgehead atoms. The molecule has 0 aliphatic carbocycles. The third-order valence-electron chi connectivity index (χ3n) is 6.45. The van der Waals surface area contributed by atoms with Crippen LogP contribution in [0.15, 0.2) is 0 Å². The first-order valence-electron chi connectivity index (χ1n) is 13.9. The average molecular weight is 540 g/mol. The smallest absolute Gasteiger partial charge is 0.377 e. The zero-order chi connectivity index (χ0) is 25.3. The van der Waals surface area contributed by atoms with Crippen molar-refractivity contribution in [3.05, 3.63) is 0 Å². The molecule has 0 aromatic heterocycles. The number of carbonyl (C=O) groups is 1. The molecular weight excluding hydrogens is 482 g/mol. The fourth-order valence-electron chi connectivity index (χ4n) is 4.13. The number of nitrogens with one attached hydrogen (secondary N) is 3. The summed E-state index contributed by atoms with van der Waals surface area (Å²) in [6.45, 7) is 6.63. The Balaban J connectivity index is 0. The SMILES string of the molecule is CCCCCCCCCCCCCCCC(=O)NCCNC(C)NCCC[Si](OC)(OC)OC.Cl. The van der Waals surface area contributed by atoms with Crippen LogP contribution in [0.5, 0.6) is 0 Å². The van der Waals surface area contributed by atoms with Crippen LogP contribution in [0.2, 0.25) is 6.04 Å². The van der Waals surface area contributed by atoms with Gasteiger partial charge in [0.25, 0.3) is 0 Å². The summed E-state index contributed by atoms with van der Waals surface area (Å²) in [4.78, 5) is 12.0. The predicted molar refractivity (Wildman–Crippen MR) is 152 cm³/mol. The Morgan fingerprint density at radius 3 is 1.63 bits per heavy atom. The fourth-order valence-corrected chi connectivity index (χ4v) is 5.86. The summed E-state index contributed by atoms with van der Waals surface area (Å²) in [5, 5.41) is 9.83. The number of rotatable bonds is 26. The Morgan fingerprint density at radius 2 is 1.14 bits per heavy atom. The van der Waals surface area contributed by atoms with Gasteiger partial charge in [0.15, 0.2) is 0 Å². The van der Waals surface area contributed by atoms with Crippen LogP contribution in [0.1, 0.15) is 110 Å². The molecule has 212 valence electrons. The molecule has 0 saturated heterocycles. The average Bonchev–Trinajstić information content (AvgIpc) is 2.85. The lowest BCUT2D eigenvalue weighted by Gasteiger charge is -2.24. The number of carbonyl (C=O) groups excluding carboxylic acids is 1. The van der Waals surface area contributed by atoms with Crippen LogP contribution in [0.3, 0.4) is 0 Å². The molecule has 3 N–H and O–H groups in total. The van der Waals surface area contributed by atoms with E-state index in [9.17, 15) is 4.79 Å². The van der Waals surface area contributed by atoms with Crippen LogP contribution in [0, 0.1) is 0 Å². The van der Waals surface area contributed by atoms with Crippen molar-refractivity contribution >= 4 is 27.1 Å². The largest absolute Gasteiger partial charge is 0.500 e. The molecule has 0 aliphatic heterocycles. The molecule has 0 aliphatic rings. The van der Waals surface area contributed by atoms with Gasteiger partial charge in [-0.05, 0) is 26.3 Å². The van der Waals surface area contributed by atoms with Gasteiger partial charge in [-0.15, -0.1) is 12.4 Å².